The molecular weight excluding hydrogens is 358 g/mol. The van der Waals surface area contributed by atoms with Crippen molar-refractivity contribution in [2.24, 2.45) is 5.73 Å². The molecule has 3 rings (SSSR count). The molecule has 0 spiro atoms. The number of anilines is 1. The summed E-state index contributed by atoms with van der Waals surface area (Å²) in [4.78, 5) is 24.9. The predicted molar refractivity (Wildman–Crippen MR) is 110 cm³/mol. The van der Waals surface area contributed by atoms with Crippen LogP contribution >= 0.6 is 11.8 Å². The second-order valence-corrected chi connectivity index (χ2v) is 8.17. The van der Waals surface area contributed by atoms with Gasteiger partial charge in [-0.15, -0.1) is 11.8 Å². The number of hydrogen-bond acceptors (Lipinski definition) is 3. The quantitative estimate of drug-likeness (QED) is 0.722. The Balaban J connectivity index is 1.80. The minimum atomic E-state index is -0.378. The average molecular weight is 386 g/mol. The maximum Gasteiger partial charge on any atom is 0.257 e. The zero-order chi connectivity index (χ0) is 19.4. The van der Waals surface area contributed by atoms with Gasteiger partial charge in [-0.3, -0.25) is 9.59 Å². The van der Waals surface area contributed by atoms with Crippen molar-refractivity contribution < 1.29 is 9.59 Å². The number of rotatable bonds is 6. The lowest BCUT2D eigenvalue weighted by Crippen LogP contribution is -2.17. The molecule has 0 atom stereocenters. The summed E-state index contributed by atoms with van der Waals surface area (Å²) < 4.78 is 2.34. The molecule has 2 amide bonds. The number of nitrogens with zero attached hydrogens (tertiary/aromatic N) is 1. The maximum absolute atomic E-state index is 12.9. The number of hydrogen-bond donors (Lipinski definition) is 2. The Kier molecular flexibility index (Phi) is 6.26. The summed E-state index contributed by atoms with van der Waals surface area (Å²) >= 11 is 1.33. The van der Waals surface area contributed by atoms with Gasteiger partial charge in [0, 0.05) is 22.3 Å². The highest BCUT2D eigenvalue weighted by molar-refractivity contribution is 8.00. The van der Waals surface area contributed by atoms with Crippen LogP contribution in [0.5, 0.6) is 0 Å². The predicted octanol–water partition coefficient (Wildman–Crippen LogP) is 4.44. The first kappa shape index (κ1) is 19.5. The molecule has 6 heteroatoms. The van der Waals surface area contributed by atoms with Gasteiger partial charge in [0.15, 0.2) is 0 Å². The average Bonchev–Trinajstić information content (AvgIpc) is 2.96. The van der Waals surface area contributed by atoms with Gasteiger partial charge in [0.25, 0.3) is 5.91 Å². The van der Waals surface area contributed by atoms with Gasteiger partial charge in [-0.05, 0) is 44.9 Å². The van der Waals surface area contributed by atoms with Crippen molar-refractivity contribution in [1.82, 2.24) is 4.57 Å². The van der Waals surface area contributed by atoms with Crippen molar-refractivity contribution in [3.63, 3.8) is 0 Å². The fraction of sp³-hybridized carbons (Fsp3) is 0.429. The van der Waals surface area contributed by atoms with Crippen LogP contribution in [0.25, 0.3) is 0 Å². The molecule has 5 nitrogen and oxygen atoms in total. The smallest absolute Gasteiger partial charge is 0.257 e. The van der Waals surface area contributed by atoms with Crippen molar-refractivity contribution in [3.05, 3.63) is 47.3 Å². The lowest BCUT2D eigenvalue weighted by molar-refractivity contribution is -0.115. The van der Waals surface area contributed by atoms with Crippen LogP contribution in [0.15, 0.2) is 35.2 Å². The molecule has 0 unspecified atom stereocenters. The summed E-state index contributed by atoms with van der Waals surface area (Å²) in [5.41, 5.74) is 8.83. The number of nitrogens with two attached hydrogens (primary N) is 1. The number of primary amides is 1. The van der Waals surface area contributed by atoms with E-state index >= 15 is 0 Å². The normalized spacial score (nSPS) is 14.9. The van der Waals surface area contributed by atoms with Crippen LogP contribution in [0.1, 0.15) is 59.9 Å². The van der Waals surface area contributed by atoms with Gasteiger partial charge in [0.2, 0.25) is 5.91 Å². The fourth-order valence-electron chi connectivity index (χ4n) is 3.94. The largest absolute Gasteiger partial charge is 0.369 e. The van der Waals surface area contributed by atoms with Crippen LogP contribution in [0.2, 0.25) is 0 Å². The lowest BCUT2D eigenvalue weighted by Gasteiger charge is -2.26. The van der Waals surface area contributed by atoms with E-state index in [1.165, 1.54) is 43.9 Å². The topological polar surface area (TPSA) is 77.1 Å². The number of carbonyl (C=O) groups excluding carboxylic acids is 2. The van der Waals surface area contributed by atoms with E-state index in [1.807, 2.05) is 37.3 Å². The summed E-state index contributed by atoms with van der Waals surface area (Å²) in [7, 11) is 0. The standard InChI is InChI=1S/C21H27N3O2S/c1-14-12-17(15(2)24(14)16-8-4-3-5-9-16)21(26)23-18-10-6-7-11-19(18)27-13-20(22)25/h6-7,10-12,16H,3-5,8-9,13H2,1-2H3,(H2,22,25)(H,23,26). The molecule has 27 heavy (non-hydrogen) atoms. The number of benzene rings is 1. The van der Waals surface area contributed by atoms with E-state index in [0.717, 1.165) is 16.3 Å². The number of aromatic nitrogens is 1. The third-order valence-electron chi connectivity index (χ3n) is 5.17. The van der Waals surface area contributed by atoms with E-state index in [9.17, 15) is 9.59 Å². The van der Waals surface area contributed by atoms with Crippen LogP contribution in [-0.2, 0) is 4.79 Å². The molecule has 1 aliphatic carbocycles. The Bertz CT molecular complexity index is 838. The summed E-state index contributed by atoms with van der Waals surface area (Å²) in [5, 5.41) is 3.01. The fourth-order valence-corrected chi connectivity index (χ4v) is 4.69. The molecule has 1 saturated carbocycles. The molecule has 1 aromatic heterocycles. The number of carbonyl (C=O) groups is 2. The molecule has 144 valence electrons. The molecule has 2 aromatic rings. The van der Waals surface area contributed by atoms with Gasteiger partial charge in [-0.25, -0.2) is 0 Å². The summed E-state index contributed by atoms with van der Waals surface area (Å²) in [5.74, 6) is -0.308. The molecule has 0 bridgehead atoms. The number of amides is 2. The van der Waals surface area contributed by atoms with Gasteiger partial charge in [0.05, 0.1) is 17.0 Å². The van der Waals surface area contributed by atoms with Crippen molar-refractivity contribution in [2.75, 3.05) is 11.1 Å². The number of thioether (sulfide) groups is 1. The van der Waals surface area contributed by atoms with Crippen LogP contribution in [-0.4, -0.2) is 22.1 Å². The van der Waals surface area contributed by atoms with Crippen LogP contribution in [0.3, 0.4) is 0 Å². The van der Waals surface area contributed by atoms with Crippen molar-refractivity contribution in [2.45, 2.75) is 56.9 Å². The first-order valence-electron chi connectivity index (χ1n) is 9.47. The van der Waals surface area contributed by atoms with Crippen molar-refractivity contribution in [3.8, 4) is 0 Å². The first-order valence-corrected chi connectivity index (χ1v) is 10.5. The molecule has 3 N–H and O–H groups in total. The van der Waals surface area contributed by atoms with E-state index in [2.05, 4.69) is 16.8 Å². The lowest BCUT2D eigenvalue weighted by atomic mass is 9.95. The molecule has 0 radical (unpaired) electrons. The molecule has 0 aliphatic heterocycles. The third-order valence-corrected chi connectivity index (χ3v) is 6.27. The highest BCUT2D eigenvalue weighted by Gasteiger charge is 2.23. The zero-order valence-corrected chi connectivity index (χ0v) is 16.8. The van der Waals surface area contributed by atoms with Crippen molar-refractivity contribution in [1.29, 1.82) is 0 Å². The van der Waals surface area contributed by atoms with Gasteiger partial charge in [-0.1, -0.05) is 31.4 Å². The Morgan fingerprint density at radius 1 is 1.19 bits per heavy atom. The molecular formula is C21H27N3O2S. The maximum atomic E-state index is 12.9. The Morgan fingerprint density at radius 3 is 2.59 bits per heavy atom. The summed E-state index contributed by atoms with van der Waals surface area (Å²) in [6.45, 7) is 4.11. The second-order valence-electron chi connectivity index (χ2n) is 7.15. The van der Waals surface area contributed by atoms with E-state index in [4.69, 9.17) is 5.73 Å². The van der Waals surface area contributed by atoms with E-state index in [1.54, 1.807) is 0 Å². The van der Waals surface area contributed by atoms with Gasteiger partial charge in [-0.2, -0.15) is 0 Å². The Labute approximate surface area is 164 Å². The number of aryl methyl sites for hydroxylation is 1. The Hall–Kier alpha value is -2.21. The molecule has 1 heterocycles. The minimum absolute atomic E-state index is 0.114. The van der Waals surface area contributed by atoms with Crippen LogP contribution in [0, 0.1) is 13.8 Å². The Morgan fingerprint density at radius 2 is 1.89 bits per heavy atom. The first-order chi connectivity index (χ1) is 13.0. The molecule has 1 aromatic carbocycles. The number of nitrogens with one attached hydrogen (secondary N) is 1. The van der Waals surface area contributed by atoms with Crippen molar-refractivity contribution >= 4 is 29.3 Å². The summed E-state index contributed by atoms with van der Waals surface area (Å²) in [6.07, 6.45) is 6.19. The number of para-hydroxylation sites is 1. The van der Waals surface area contributed by atoms with Gasteiger partial charge >= 0.3 is 0 Å². The highest BCUT2D eigenvalue weighted by atomic mass is 32.2. The second kappa shape index (κ2) is 8.65. The third kappa shape index (κ3) is 4.56. The van der Waals surface area contributed by atoms with Gasteiger partial charge < -0.3 is 15.6 Å². The SMILES string of the molecule is Cc1cc(C(=O)Nc2ccccc2SCC(N)=O)c(C)n1C1CCCCC1. The highest BCUT2D eigenvalue weighted by Crippen LogP contribution is 2.33. The van der Waals surface area contributed by atoms with E-state index < -0.39 is 0 Å². The van der Waals surface area contributed by atoms with Gasteiger partial charge in [0.1, 0.15) is 0 Å². The molecule has 0 saturated heterocycles. The van der Waals surface area contributed by atoms with E-state index in [-0.39, 0.29) is 17.6 Å². The monoisotopic (exact) mass is 385 g/mol. The van der Waals surface area contributed by atoms with E-state index in [0.29, 0.717) is 17.3 Å². The van der Waals surface area contributed by atoms with Crippen LogP contribution < -0.4 is 11.1 Å². The van der Waals surface area contributed by atoms with Crippen LogP contribution in [0.4, 0.5) is 5.69 Å². The zero-order valence-electron chi connectivity index (χ0n) is 16.0. The minimum Gasteiger partial charge on any atom is -0.369 e. The molecule has 1 fully saturated rings. The summed E-state index contributed by atoms with van der Waals surface area (Å²) in [6, 6.07) is 9.97. The molecule has 1 aliphatic rings.